The van der Waals surface area contributed by atoms with E-state index in [0.29, 0.717) is 22.0 Å². The lowest BCUT2D eigenvalue weighted by atomic mass is 9.78. The molecule has 1 atom stereocenters. The number of alkyl halides is 3. The van der Waals surface area contributed by atoms with Gasteiger partial charge in [0.05, 0.1) is 33.2 Å². The first-order chi connectivity index (χ1) is 25.1. The van der Waals surface area contributed by atoms with Crippen molar-refractivity contribution in [2.45, 2.75) is 95.1 Å². The molecule has 5 rings (SSSR count). The van der Waals surface area contributed by atoms with Crippen molar-refractivity contribution < 1.29 is 27.8 Å². The van der Waals surface area contributed by atoms with Gasteiger partial charge in [-0.25, -0.2) is 0 Å². The molecule has 0 radical (unpaired) electrons. The van der Waals surface area contributed by atoms with Crippen molar-refractivity contribution in [3.05, 3.63) is 104 Å². The minimum absolute atomic E-state index is 0.0928. The van der Waals surface area contributed by atoms with Gasteiger partial charge in [0, 0.05) is 16.4 Å². The van der Waals surface area contributed by atoms with Gasteiger partial charge in [0.15, 0.2) is 0 Å². The quantitative estimate of drug-likeness (QED) is 0.126. The van der Waals surface area contributed by atoms with Crippen LogP contribution in [0, 0.1) is 69.2 Å². The van der Waals surface area contributed by atoms with Gasteiger partial charge >= 0.3 is 6.18 Å². The fourth-order valence-corrected chi connectivity index (χ4v) is 10.9. The summed E-state index contributed by atoms with van der Waals surface area (Å²) in [6.45, 7) is 27.6. The molecule has 0 spiro atoms. The van der Waals surface area contributed by atoms with Crippen LogP contribution in [0.25, 0.3) is 33.4 Å². The predicted octanol–water partition coefficient (Wildman–Crippen LogP) is 11.7. The molecule has 0 saturated heterocycles. The van der Waals surface area contributed by atoms with Crippen molar-refractivity contribution in [3.63, 3.8) is 0 Å². The number of phenolic OH excluding ortho intramolecular Hbond substituents is 1. The third-order valence-corrected chi connectivity index (χ3v) is 15.3. The van der Waals surface area contributed by atoms with E-state index in [1.165, 1.54) is 55.6 Å². The summed E-state index contributed by atoms with van der Waals surface area (Å²) in [5.41, 5.74) is 17.7. The van der Waals surface area contributed by atoms with E-state index in [4.69, 9.17) is 9.47 Å². The van der Waals surface area contributed by atoms with Gasteiger partial charge in [-0.15, -0.1) is 0 Å². The second kappa shape index (κ2) is 14.9. The van der Waals surface area contributed by atoms with E-state index in [-0.39, 0.29) is 11.1 Å². The van der Waals surface area contributed by atoms with Gasteiger partial charge in [0.1, 0.15) is 17.2 Å². The van der Waals surface area contributed by atoms with Gasteiger partial charge in [-0.3, -0.25) is 0 Å². The number of benzene rings is 5. The molecule has 8 heteroatoms. The molecule has 1 N–H and O–H groups in total. The second-order valence-corrected chi connectivity index (χ2v) is 22.1. The molecule has 3 nitrogen and oxygen atoms in total. The molecule has 0 fully saturated rings. The summed E-state index contributed by atoms with van der Waals surface area (Å²) in [5.74, 6) is 0.882. The number of aromatic hydroxyl groups is 1. The third-order valence-electron chi connectivity index (χ3n) is 11.9. The topological polar surface area (TPSA) is 38.7 Å². The maximum atomic E-state index is 14.4. The predicted molar refractivity (Wildman–Crippen MR) is 227 cm³/mol. The lowest BCUT2D eigenvalue weighted by Crippen LogP contribution is -2.40. The Hall–Kier alpha value is -4.06. The fourth-order valence-electron chi connectivity index (χ4n) is 7.93. The molecular formula is C46H54F3O3PSi. The molecule has 0 aliphatic heterocycles. The molecule has 286 valence electrons. The number of halogens is 3. The van der Waals surface area contributed by atoms with E-state index in [0.717, 1.165) is 45.5 Å². The first kappa shape index (κ1) is 41.1. The SMILES string of the molecule is COc1ccc(-c2c(-c3c(C)c(C)c(C)c(C)c3C)cccc2-c2c(C)c(C)c(C)c(C)c2C)c(OC)c1Pc1cc(C(F)(F)F)cc([Si](C)(C)C)c1O. The second-order valence-electron chi connectivity index (χ2n) is 15.7. The Morgan fingerprint density at radius 3 is 1.41 bits per heavy atom. The van der Waals surface area contributed by atoms with Crippen LogP contribution < -0.4 is 25.3 Å². The van der Waals surface area contributed by atoms with E-state index in [1.54, 1.807) is 14.2 Å². The van der Waals surface area contributed by atoms with E-state index in [9.17, 15) is 18.3 Å². The fraction of sp³-hybridized carbons (Fsp3) is 0.348. The number of phenols is 1. The Kier molecular flexibility index (Phi) is 11.3. The number of methoxy groups -OCH3 is 2. The summed E-state index contributed by atoms with van der Waals surface area (Å²) in [6, 6.07) is 12.5. The van der Waals surface area contributed by atoms with Crippen LogP contribution in [-0.2, 0) is 6.18 Å². The van der Waals surface area contributed by atoms with Crippen molar-refractivity contribution in [2.24, 2.45) is 0 Å². The van der Waals surface area contributed by atoms with Gasteiger partial charge < -0.3 is 14.6 Å². The molecule has 0 aliphatic carbocycles. The Bertz CT molecular complexity index is 2170. The molecule has 0 heterocycles. The molecule has 5 aromatic rings. The van der Waals surface area contributed by atoms with Crippen molar-refractivity contribution >= 4 is 32.5 Å². The third kappa shape index (κ3) is 6.99. The van der Waals surface area contributed by atoms with Crippen molar-refractivity contribution in [3.8, 4) is 50.6 Å². The van der Waals surface area contributed by atoms with Gasteiger partial charge in [-0.1, -0.05) is 37.8 Å². The molecule has 54 heavy (non-hydrogen) atoms. The summed E-state index contributed by atoms with van der Waals surface area (Å²) >= 11 is 0. The van der Waals surface area contributed by atoms with Crippen LogP contribution in [0.4, 0.5) is 13.2 Å². The van der Waals surface area contributed by atoms with E-state index >= 15 is 0 Å². The number of hydrogen-bond donors (Lipinski definition) is 1. The monoisotopic (exact) mass is 770 g/mol. The Balaban J connectivity index is 1.97. The van der Waals surface area contributed by atoms with Crippen LogP contribution in [0.2, 0.25) is 19.6 Å². The molecule has 1 unspecified atom stereocenters. The van der Waals surface area contributed by atoms with E-state index in [1.807, 2.05) is 31.8 Å². The molecule has 0 saturated carbocycles. The van der Waals surface area contributed by atoms with Crippen molar-refractivity contribution in [2.75, 3.05) is 14.2 Å². The van der Waals surface area contributed by atoms with Crippen LogP contribution in [0.5, 0.6) is 17.2 Å². The van der Waals surface area contributed by atoms with Crippen molar-refractivity contribution in [1.82, 2.24) is 0 Å². The summed E-state index contributed by atoms with van der Waals surface area (Å²) in [4.78, 5) is 0. The van der Waals surface area contributed by atoms with Gasteiger partial charge in [-0.05, 0) is 185 Å². The van der Waals surface area contributed by atoms with E-state index < -0.39 is 28.4 Å². The van der Waals surface area contributed by atoms with Crippen LogP contribution in [0.15, 0.2) is 42.5 Å². The zero-order valence-electron chi connectivity index (χ0n) is 34.4. The van der Waals surface area contributed by atoms with Crippen molar-refractivity contribution in [1.29, 1.82) is 0 Å². The first-order valence-electron chi connectivity index (χ1n) is 18.3. The zero-order chi connectivity index (χ0) is 40.4. The van der Waals surface area contributed by atoms with Crippen LogP contribution in [0.3, 0.4) is 0 Å². The normalized spacial score (nSPS) is 12.3. The molecular weight excluding hydrogens is 717 g/mol. The highest BCUT2D eigenvalue weighted by molar-refractivity contribution is 7.56. The Morgan fingerprint density at radius 2 is 1.02 bits per heavy atom. The minimum atomic E-state index is -4.58. The van der Waals surface area contributed by atoms with Gasteiger partial charge in [0.25, 0.3) is 0 Å². The molecule has 0 aliphatic rings. The molecule has 0 aromatic heterocycles. The Labute approximate surface area is 322 Å². The van der Waals surface area contributed by atoms with Crippen LogP contribution in [0.1, 0.15) is 61.2 Å². The Morgan fingerprint density at radius 1 is 0.574 bits per heavy atom. The standard InChI is InChI=1S/C46H54F3O3PSi/c1-23-25(3)29(7)40(30(8)26(23)4)34-17-16-18-35(41-31(9)27(5)24(2)28(6)32(41)10)42(34)36-19-20-37(51-11)45(44(36)52-12)53-38-21-33(46(47,48)49)22-39(43(38)50)54(13,14)15/h16-22,50,53H,1-15H3. The van der Waals surface area contributed by atoms with Gasteiger partial charge in [-0.2, -0.15) is 13.2 Å². The average Bonchev–Trinajstić information content (AvgIpc) is 3.11. The highest BCUT2D eigenvalue weighted by Gasteiger charge is 2.35. The lowest BCUT2D eigenvalue weighted by Gasteiger charge is -2.27. The highest BCUT2D eigenvalue weighted by atomic mass is 31.1. The minimum Gasteiger partial charge on any atom is -0.507 e. The largest absolute Gasteiger partial charge is 0.507 e. The highest BCUT2D eigenvalue weighted by Crippen LogP contribution is 2.50. The lowest BCUT2D eigenvalue weighted by molar-refractivity contribution is -0.137. The summed E-state index contributed by atoms with van der Waals surface area (Å²) in [7, 11) is 0.367. The summed E-state index contributed by atoms with van der Waals surface area (Å²) in [6.07, 6.45) is -4.58. The van der Waals surface area contributed by atoms with Gasteiger partial charge in [0.2, 0.25) is 0 Å². The maximum Gasteiger partial charge on any atom is 0.416 e. The van der Waals surface area contributed by atoms with Crippen LogP contribution in [-0.4, -0.2) is 27.4 Å². The maximum absolute atomic E-state index is 14.4. The number of hydrogen-bond acceptors (Lipinski definition) is 3. The smallest absolute Gasteiger partial charge is 0.416 e. The average molecular weight is 771 g/mol. The number of rotatable bonds is 8. The zero-order valence-corrected chi connectivity index (χ0v) is 36.4. The molecule has 5 aromatic carbocycles. The van der Waals surface area contributed by atoms with Crippen LogP contribution >= 0.6 is 8.58 Å². The molecule has 0 bridgehead atoms. The summed E-state index contributed by atoms with van der Waals surface area (Å²) in [5, 5.41) is 12.8. The number of ether oxygens (including phenoxy) is 2. The summed E-state index contributed by atoms with van der Waals surface area (Å²) < 4.78 is 55.4. The first-order valence-corrected chi connectivity index (χ1v) is 22.8. The van der Waals surface area contributed by atoms with E-state index in [2.05, 4.69) is 87.4 Å². The molecule has 0 amide bonds.